The number of nitrogens with one attached hydrogen (secondary N) is 1. The van der Waals surface area contributed by atoms with Crippen LogP contribution in [0.2, 0.25) is 0 Å². The molecule has 0 aromatic rings. The van der Waals surface area contributed by atoms with Crippen molar-refractivity contribution in [3.8, 4) is 0 Å². The van der Waals surface area contributed by atoms with Crippen LogP contribution in [0.5, 0.6) is 0 Å². The monoisotopic (exact) mass is 414 g/mol. The van der Waals surface area contributed by atoms with Gasteiger partial charge in [-0.2, -0.15) is 5.10 Å². The first-order valence-corrected chi connectivity index (χ1v) is 8.71. The molecule has 0 spiro atoms. The highest BCUT2D eigenvalue weighted by molar-refractivity contribution is 9.12. The maximum atomic E-state index is 4.36. The molecule has 21 heavy (non-hydrogen) atoms. The minimum atomic E-state index is 0.945. The highest BCUT2D eigenvalue weighted by atomic mass is 79.9. The Hall–Kier alpha value is -0.870. The van der Waals surface area contributed by atoms with Gasteiger partial charge in [-0.15, -0.1) is 0 Å². The molecule has 1 saturated carbocycles. The molecule has 1 aliphatic carbocycles. The zero-order valence-electron chi connectivity index (χ0n) is 13.0. The molecule has 2 nitrogen and oxygen atoms in total. The van der Waals surface area contributed by atoms with Crippen molar-refractivity contribution in [3.05, 3.63) is 57.7 Å². The normalized spacial score (nSPS) is 19.9. The van der Waals surface area contributed by atoms with Crippen LogP contribution in [0.25, 0.3) is 0 Å². The van der Waals surface area contributed by atoms with Gasteiger partial charge in [0.05, 0.1) is 0 Å². The summed E-state index contributed by atoms with van der Waals surface area (Å²) < 4.78 is 2.08. The van der Waals surface area contributed by atoms with Crippen molar-refractivity contribution in [2.45, 2.75) is 40.0 Å². The number of allylic oxidation sites excluding steroid dienone is 8. The lowest BCUT2D eigenvalue weighted by atomic mass is 10.2. The molecular formula is C17H24Br2N2. The molecule has 0 aromatic heterocycles. The van der Waals surface area contributed by atoms with E-state index in [1.165, 1.54) is 11.3 Å². The summed E-state index contributed by atoms with van der Waals surface area (Å²) in [6.45, 7) is 9.67. The number of hydrogen-bond donors (Lipinski definition) is 1. The zero-order valence-corrected chi connectivity index (χ0v) is 16.2. The van der Waals surface area contributed by atoms with Crippen molar-refractivity contribution in [3.63, 3.8) is 0 Å². The molecule has 0 heterocycles. The maximum Gasteiger partial charge on any atom is 0.0426 e. The second-order valence-electron chi connectivity index (χ2n) is 4.07. The third kappa shape index (κ3) is 9.64. The fraction of sp³-hybridized carbons (Fsp3) is 0.353. The molecule has 0 saturated heterocycles. The van der Waals surface area contributed by atoms with E-state index in [2.05, 4.69) is 55.0 Å². The fourth-order valence-electron chi connectivity index (χ4n) is 1.62. The molecular weight excluding hydrogens is 392 g/mol. The lowest BCUT2D eigenvalue weighted by Crippen LogP contribution is -1.99. The number of halogens is 2. The summed E-state index contributed by atoms with van der Waals surface area (Å²) in [6, 6.07) is 0. The van der Waals surface area contributed by atoms with Gasteiger partial charge >= 0.3 is 0 Å². The lowest BCUT2D eigenvalue weighted by Gasteiger charge is -1.95. The van der Waals surface area contributed by atoms with Crippen molar-refractivity contribution in [2.75, 3.05) is 0 Å². The minimum absolute atomic E-state index is 0.945. The largest absolute Gasteiger partial charge is 0.286 e. The Labute approximate surface area is 145 Å². The number of hydrogen-bond acceptors (Lipinski definition) is 2. The van der Waals surface area contributed by atoms with Gasteiger partial charge < -0.3 is 0 Å². The fourth-order valence-corrected chi connectivity index (χ4v) is 2.10. The van der Waals surface area contributed by atoms with E-state index >= 15 is 0 Å². The molecule has 0 aromatic carbocycles. The first kappa shape index (κ1) is 20.1. The number of rotatable bonds is 5. The van der Waals surface area contributed by atoms with E-state index < -0.39 is 0 Å². The van der Waals surface area contributed by atoms with E-state index in [1.807, 2.05) is 39.0 Å². The van der Waals surface area contributed by atoms with Crippen molar-refractivity contribution in [1.82, 2.24) is 5.43 Å². The van der Waals surface area contributed by atoms with Crippen LogP contribution in [0.1, 0.15) is 40.0 Å². The maximum absolute atomic E-state index is 4.36. The average molecular weight is 416 g/mol. The third-order valence-electron chi connectivity index (χ3n) is 2.63. The van der Waals surface area contributed by atoms with E-state index in [9.17, 15) is 0 Å². The van der Waals surface area contributed by atoms with E-state index in [1.54, 1.807) is 12.3 Å². The second-order valence-corrected chi connectivity index (χ2v) is 5.91. The molecule has 116 valence electrons. The summed E-state index contributed by atoms with van der Waals surface area (Å²) in [5.41, 5.74) is 5.56. The van der Waals surface area contributed by atoms with Crippen LogP contribution in [0, 0.1) is 0 Å². The average Bonchev–Trinajstić information content (AvgIpc) is 2.95. The molecule has 0 amide bonds. The summed E-state index contributed by atoms with van der Waals surface area (Å²) in [4.78, 5) is 0. The lowest BCUT2D eigenvalue weighted by molar-refractivity contribution is 0.951. The molecule has 0 aliphatic heterocycles. The zero-order chi connectivity index (χ0) is 16.1. The summed E-state index contributed by atoms with van der Waals surface area (Å²) in [7, 11) is 0. The van der Waals surface area contributed by atoms with Crippen LogP contribution < -0.4 is 5.43 Å². The van der Waals surface area contributed by atoms with Gasteiger partial charge in [0.25, 0.3) is 0 Å². The van der Waals surface area contributed by atoms with Crippen LogP contribution >= 0.6 is 31.9 Å². The third-order valence-corrected chi connectivity index (χ3v) is 3.90. The predicted molar refractivity (Wildman–Crippen MR) is 103 cm³/mol. The standard InChI is InChI=1S/C15H18Br2N2.C2H6/c1-3-13(16)6-5-9-18-19-15-8-7-12(11-15)10-14(17)4-2;1-2/h3-6,9-10,18H,1,7-8,11H2,2H3;1-2H3/b9-5+,12-10-,13-6+,14-4+,19-15+;. The summed E-state index contributed by atoms with van der Waals surface area (Å²) >= 11 is 6.84. The van der Waals surface area contributed by atoms with Crippen LogP contribution in [-0.2, 0) is 0 Å². The van der Waals surface area contributed by atoms with Crippen molar-refractivity contribution in [2.24, 2.45) is 5.10 Å². The SMILES string of the molecule is C=C/C(Br)=C\C=C\N/N=C1\CC/C(=C/C(Br)=C\C)C1.CC. The van der Waals surface area contributed by atoms with E-state index in [4.69, 9.17) is 0 Å². The highest BCUT2D eigenvalue weighted by Gasteiger charge is 2.13. The molecule has 4 heteroatoms. The van der Waals surface area contributed by atoms with Gasteiger partial charge in [0, 0.05) is 27.3 Å². The molecule has 0 bridgehead atoms. The Balaban J connectivity index is 0.00000191. The first-order chi connectivity index (χ1) is 10.2. The summed E-state index contributed by atoms with van der Waals surface area (Å²) in [5, 5.41) is 4.36. The Kier molecular flexibility index (Phi) is 12.3. The van der Waals surface area contributed by atoms with Crippen molar-refractivity contribution in [1.29, 1.82) is 0 Å². The van der Waals surface area contributed by atoms with Crippen LogP contribution in [-0.4, -0.2) is 5.71 Å². The smallest absolute Gasteiger partial charge is 0.0426 e. The summed E-state index contributed by atoms with van der Waals surface area (Å²) in [5.74, 6) is 0. The van der Waals surface area contributed by atoms with Gasteiger partial charge in [-0.1, -0.05) is 70.0 Å². The number of hydrazone groups is 1. The quantitative estimate of drug-likeness (QED) is 0.410. The second kappa shape index (κ2) is 12.8. The van der Waals surface area contributed by atoms with Crippen LogP contribution in [0.4, 0.5) is 0 Å². The van der Waals surface area contributed by atoms with Crippen LogP contribution in [0.15, 0.2) is 62.8 Å². The highest BCUT2D eigenvalue weighted by Crippen LogP contribution is 2.24. The predicted octanol–water partition coefficient (Wildman–Crippen LogP) is 6.35. The molecule has 1 aliphatic rings. The molecule has 1 N–H and O–H groups in total. The molecule has 1 rings (SSSR count). The van der Waals surface area contributed by atoms with E-state index in [0.29, 0.717) is 0 Å². The Morgan fingerprint density at radius 2 is 1.95 bits per heavy atom. The first-order valence-electron chi connectivity index (χ1n) is 7.12. The Morgan fingerprint density at radius 1 is 1.24 bits per heavy atom. The van der Waals surface area contributed by atoms with Crippen molar-refractivity contribution < 1.29 is 0 Å². The molecule has 0 radical (unpaired) electrons. The number of nitrogens with zero attached hydrogens (tertiary/aromatic N) is 1. The van der Waals surface area contributed by atoms with Crippen molar-refractivity contribution >= 4 is 37.6 Å². The van der Waals surface area contributed by atoms with Crippen LogP contribution in [0.3, 0.4) is 0 Å². The minimum Gasteiger partial charge on any atom is -0.286 e. The molecule has 0 unspecified atom stereocenters. The van der Waals surface area contributed by atoms with Gasteiger partial charge in [0.15, 0.2) is 0 Å². The van der Waals surface area contributed by atoms with Gasteiger partial charge in [-0.05, 0) is 38.0 Å². The molecule has 1 fully saturated rings. The summed E-state index contributed by atoms with van der Waals surface area (Å²) in [6.07, 6.45) is 14.6. The van der Waals surface area contributed by atoms with E-state index in [0.717, 1.165) is 28.2 Å². The Bertz CT molecular complexity index is 469. The molecule has 0 atom stereocenters. The van der Waals surface area contributed by atoms with Gasteiger partial charge in [0.2, 0.25) is 0 Å². The van der Waals surface area contributed by atoms with Gasteiger partial charge in [-0.3, -0.25) is 5.43 Å². The Morgan fingerprint density at radius 3 is 2.57 bits per heavy atom. The topological polar surface area (TPSA) is 24.4 Å². The van der Waals surface area contributed by atoms with Gasteiger partial charge in [-0.25, -0.2) is 0 Å². The van der Waals surface area contributed by atoms with E-state index in [-0.39, 0.29) is 0 Å². The van der Waals surface area contributed by atoms with Gasteiger partial charge in [0.1, 0.15) is 0 Å².